The third-order valence-corrected chi connectivity index (χ3v) is 13.3. The molecule has 9 heteroatoms. The van der Waals surface area contributed by atoms with Crippen molar-refractivity contribution in [3.05, 3.63) is 83.6 Å². The summed E-state index contributed by atoms with van der Waals surface area (Å²) in [6, 6.07) is 17.9. The molecule has 0 radical (unpaired) electrons. The quantitative estimate of drug-likeness (QED) is 0.0666. The molecule has 0 aliphatic carbocycles. The molecule has 0 fully saturated rings. The number of hydrogen-bond donors (Lipinski definition) is 2. The number of allylic oxidation sites excluding steroid dienone is 4. The van der Waals surface area contributed by atoms with Crippen LogP contribution in [0, 0.1) is 0 Å². The van der Waals surface area contributed by atoms with Crippen molar-refractivity contribution in [1.82, 2.24) is 10.6 Å². The van der Waals surface area contributed by atoms with Gasteiger partial charge in [-0.2, -0.15) is 4.58 Å². The number of nitrogens with zero attached hydrogens (tertiary/aromatic N) is 4. The molecule has 332 valence electrons. The number of unbranched alkanes of at least 4 members (excludes halogenated alkanes) is 2. The van der Waals surface area contributed by atoms with Crippen LogP contribution in [0.4, 0.5) is 16.2 Å². The zero-order valence-corrected chi connectivity index (χ0v) is 39.9. The third-order valence-electron chi connectivity index (χ3n) is 13.3. The first-order valence-corrected chi connectivity index (χ1v) is 23.2. The molecule has 4 rings (SSSR count). The molecule has 2 N–H and O–H groups in total. The van der Waals surface area contributed by atoms with Gasteiger partial charge < -0.3 is 29.2 Å². The monoisotopic (exact) mass is 828 g/mol. The maximum atomic E-state index is 12.8. The Morgan fingerprint density at radius 3 is 2.03 bits per heavy atom. The van der Waals surface area contributed by atoms with E-state index in [0.29, 0.717) is 19.5 Å². The standard InChI is InChI=1S/C51H81N6O3/c1-13-57(14-2,15-3)40-26-37-55-44-30-21-19-28-42(44)51(9,10)46(55)32-23-31-45-50(7,8)41-27-18-20-29-43(41)54(45)36-22-16-17-33-47(58)52-34-24-38-56(11,12)39-25-35-53-48(59)60-49(4,5)6/h18-21,23,27-32H,13-17,22,24-26,33-40H2,1-12H3/q+1/p+2. The molecule has 2 amide bonds. The third kappa shape index (κ3) is 12.8. The van der Waals surface area contributed by atoms with E-state index in [1.54, 1.807) is 0 Å². The van der Waals surface area contributed by atoms with Crippen molar-refractivity contribution in [2.45, 2.75) is 131 Å². The van der Waals surface area contributed by atoms with Gasteiger partial charge in [0.15, 0.2) is 12.3 Å². The van der Waals surface area contributed by atoms with Gasteiger partial charge in [0.25, 0.3) is 0 Å². The van der Waals surface area contributed by atoms with Crippen LogP contribution >= 0.6 is 0 Å². The minimum atomic E-state index is -0.489. The summed E-state index contributed by atoms with van der Waals surface area (Å²) in [7, 11) is 4.40. The average molecular weight is 828 g/mol. The zero-order valence-electron chi connectivity index (χ0n) is 39.9. The highest BCUT2D eigenvalue weighted by Gasteiger charge is 2.44. The maximum Gasteiger partial charge on any atom is 0.407 e. The van der Waals surface area contributed by atoms with Crippen LogP contribution in [-0.2, 0) is 20.4 Å². The summed E-state index contributed by atoms with van der Waals surface area (Å²) in [5, 5.41) is 6.00. The molecule has 0 unspecified atom stereocenters. The van der Waals surface area contributed by atoms with Crippen LogP contribution < -0.4 is 15.5 Å². The normalized spacial score (nSPS) is 16.7. The number of carbonyl (C=O) groups excluding carboxylic acids is 2. The summed E-state index contributed by atoms with van der Waals surface area (Å²) in [4.78, 5) is 27.2. The molecule has 0 saturated heterocycles. The minimum Gasteiger partial charge on any atom is -0.444 e. The highest BCUT2D eigenvalue weighted by atomic mass is 16.6. The number of ether oxygens (including phenoxy) is 1. The molecule has 0 aromatic heterocycles. The van der Waals surface area contributed by atoms with E-state index >= 15 is 0 Å². The van der Waals surface area contributed by atoms with Crippen LogP contribution in [0.3, 0.4) is 0 Å². The molecule has 0 saturated carbocycles. The number of hydrogen-bond acceptors (Lipinski definition) is 4. The largest absolute Gasteiger partial charge is 0.444 e. The van der Waals surface area contributed by atoms with Gasteiger partial charge in [0, 0.05) is 73.4 Å². The number of rotatable bonds is 23. The second-order valence-corrected chi connectivity index (χ2v) is 19.9. The Balaban J connectivity index is 1.32. The van der Waals surface area contributed by atoms with E-state index in [0.717, 1.165) is 69.2 Å². The van der Waals surface area contributed by atoms with E-state index in [4.69, 9.17) is 4.74 Å². The lowest BCUT2D eigenvalue weighted by molar-refractivity contribution is -0.924. The van der Waals surface area contributed by atoms with Gasteiger partial charge in [-0.05, 0) is 85.9 Å². The second-order valence-electron chi connectivity index (χ2n) is 19.9. The smallest absolute Gasteiger partial charge is 0.407 e. The molecule has 2 aliphatic rings. The molecule has 2 aliphatic heterocycles. The zero-order chi connectivity index (χ0) is 44.2. The van der Waals surface area contributed by atoms with Gasteiger partial charge in [-0.3, -0.25) is 4.79 Å². The number of amides is 2. The molecule has 60 heavy (non-hydrogen) atoms. The fraction of sp³-hybridized carbons (Fsp3) is 0.627. The first-order valence-electron chi connectivity index (χ1n) is 23.2. The Morgan fingerprint density at radius 1 is 0.767 bits per heavy atom. The highest BCUT2D eigenvalue weighted by Crippen LogP contribution is 2.48. The molecule has 2 aromatic rings. The van der Waals surface area contributed by atoms with E-state index in [1.165, 1.54) is 64.6 Å². The Labute approximate surface area is 365 Å². The lowest BCUT2D eigenvalue weighted by Gasteiger charge is -2.35. The van der Waals surface area contributed by atoms with Gasteiger partial charge in [-0.1, -0.05) is 62.7 Å². The van der Waals surface area contributed by atoms with E-state index in [-0.39, 0.29) is 22.8 Å². The Kier molecular flexibility index (Phi) is 17.2. The number of nitrogens with one attached hydrogen (secondary N) is 2. The second kappa shape index (κ2) is 21.2. The van der Waals surface area contributed by atoms with Crippen LogP contribution in [0.5, 0.6) is 0 Å². The molecule has 0 spiro atoms. The van der Waals surface area contributed by atoms with Crippen LogP contribution in [-0.4, -0.2) is 116 Å². The van der Waals surface area contributed by atoms with Crippen molar-refractivity contribution in [2.75, 3.05) is 84.4 Å². The van der Waals surface area contributed by atoms with Crippen molar-refractivity contribution in [3.8, 4) is 0 Å². The lowest BCUT2D eigenvalue weighted by Crippen LogP contribution is -2.48. The summed E-state index contributed by atoms with van der Waals surface area (Å²) >= 11 is 0. The fourth-order valence-corrected chi connectivity index (χ4v) is 9.38. The molecule has 9 nitrogen and oxygen atoms in total. The predicted octanol–water partition coefficient (Wildman–Crippen LogP) is 9.63. The van der Waals surface area contributed by atoms with Gasteiger partial charge >= 0.3 is 6.09 Å². The molecule has 2 aromatic carbocycles. The van der Waals surface area contributed by atoms with E-state index in [9.17, 15) is 9.59 Å². The van der Waals surface area contributed by atoms with Crippen molar-refractivity contribution >= 4 is 29.1 Å². The number of alkyl carbamates (subject to hydrolysis) is 1. The fourth-order valence-electron chi connectivity index (χ4n) is 9.38. The van der Waals surface area contributed by atoms with E-state index < -0.39 is 5.60 Å². The number of para-hydroxylation sites is 2. The van der Waals surface area contributed by atoms with Gasteiger partial charge in [-0.15, -0.1) is 0 Å². The topological polar surface area (TPSA) is 73.7 Å². The Bertz CT molecular complexity index is 1820. The van der Waals surface area contributed by atoms with Crippen LogP contribution in [0.2, 0.25) is 0 Å². The number of benzene rings is 2. The Morgan fingerprint density at radius 2 is 1.38 bits per heavy atom. The lowest BCUT2D eigenvalue weighted by atomic mass is 9.81. The Hall–Kier alpha value is -3.95. The van der Waals surface area contributed by atoms with Crippen LogP contribution in [0.15, 0.2) is 72.5 Å². The average Bonchev–Trinajstić information content (AvgIpc) is 3.54. The minimum absolute atomic E-state index is 0.0861. The summed E-state index contributed by atoms with van der Waals surface area (Å²) in [5.74, 6) is 0.142. The maximum absolute atomic E-state index is 12.8. The van der Waals surface area contributed by atoms with E-state index in [1.807, 2.05) is 20.8 Å². The summed E-state index contributed by atoms with van der Waals surface area (Å²) in [6.07, 6.45) is 13.1. The van der Waals surface area contributed by atoms with Crippen LogP contribution in [0.25, 0.3) is 0 Å². The van der Waals surface area contributed by atoms with Gasteiger partial charge in [0.05, 0.1) is 65.2 Å². The molecule has 0 atom stereocenters. The van der Waals surface area contributed by atoms with Gasteiger partial charge in [0.2, 0.25) is 11.6 Å². The SMILES string of the molecule is CC[N+](CC)(CC)CCC[N+]1=C(C=CC=C2N(CCCCCC(=O)NCCC[N+](C)(C)CCCNC(=O)OC(C)(C)C)c3ccccc3C2(C)C)C(C)(C)c2ccccc21. The molecular weight excluding hydrogens is 745 g/mol. The summed E-state index contributed by atoms with van der Waals surface area (Å²) in [5.41, 5.74) is 7.43. The summed E-state index contributed by atoms with van der Waals surface area (Å²) in [6.45, 7) is 32.0. The van der Waals surface area contributed by atoms with Crippen molar-refractivity contribution < 1.29 is 27.9 Å². The van der Waals surface area contributed by atoms with Crippen LogP contribution in [0.1, 0.15) is 125 Å². The van der Waals surface area contributed by atoms with Gasteiger partial charge in [-0.25, -0.2) is 4.79 Å². The van der Waals surface area contributed by atoms with Crippen molar-refractivity contribution in [2.24, 2.45) is 0 Å². The summed E-state index contributed by atoms with van der Waals surface area (Å²) < 4.78 is 9.94. The number of anilines is 1. The van der Waals surface area contributed by atoms with Crippen molar-refractivity contribution in [1.29, 1.82) is 0 Å². The first kappa shape index (κ1) is 48.7. The predicted molar refractivity (Wildman–Crippen MR) is 251 cm³/mol. The first-order chi connectivity index (χ1) is 28.3. The number of fused-ring (bicyclic) bond motifs is 2. The van der Waals surface area contributed by atoms with Gasteiger partial charge in [0.1, 0.15) is 5.60 Å². The highest BCUT2D eigenvalue weighted by molar-refractivity contribution is 6.03. The number of carbonyl (C=O) groups is 2. The molecular formula is C51H83N6O3+3. The number of quaternary nitrogens is 2. The van der Waals surface area contributed by atoms with Crippen molar-refractivity contribution in [3.63, 3.8) is 0 Å². The molecule has 2 heterocycles. The van der Waals surface area contributed by atoms with E-state index in [2.05, 4.69) is 149 Å². The molecule has 0 bridgehead atoms.